The third kappa shape index (κ3) is 9.62. The summed E-state index contributed by atoms with van der Waals surface area (Å²) in [5.41, 5.74) is 5.85. The monoisotopic (exact) mass is 848 g/mol. The second-order valence-corrected chi connectivity index (χ2v) is 16.2. The van der Waals surface area contributed by atoms with E-state index < -0.39 is 71.3 Å². The van der Waals surface area contributed by atoms with Crippen molar-refractivity contribution in [1.82, 2.24) is 9.88 Å². The summed E-state index contributed by atoms with van der Waals surface area (Å²) in [7, 11) is 5.99. The number of carbonyl (C=O) groups excluding carboxylic acids is 4. The number of hydrogen-bond donors (Lipinski definition) is 2. The van der Waals surface area contributed by atoms with E-state index >= 15 is 0 Å². The Hall–Kier alpha value is -5.02. The van der Waals surface area contributed by atoms with Gasteiger partial charge in [0, 0.05) is 50.8 Å². The second-order valence-electron chi connectivity index (χ2n) is 15.8. The molecule has 3 aliphatic heterocycles. The summed E-state index contributed by atoms with van der Waals surface area (Å²) < 4.78 is 29.6. The number of aliphatic hydroxyl groups is 1. The van der Waals surface area contributed by atoms with Gasteiger partial charge in [-0.3, -0.25) is 19.4 Å². The van der Waals surface area contributed by atoms with Crippen LogP contribution in [0.25, 0.3) is 10.8 Å². The Morgan fingerprint density at radius 2 is 1.85 bits per heavy atom. The number of halogens is 1. The van der Waals surface area contributed by atoms with E-state index in [0.29, 0.717) is 23.5 Å². The zero-order valence-electron chi connectivity index (χ0n) is 36.0. The molecule has 2 saturated heterocycles. The molecule has 3 N–H and O–H groups in total. The van der Waals surface area contributed by atoms with Gasteiger partial charge in [-0.15, -0.1) is 0 Å². The van der Waals surface area contributed by atoms with Crippen molar-refractivity contribution in [3.8, 4) is 5.75 Å². The number of epoxide rings is 1. The first kappa shape index (κ1) is 46.1. The molecule has 2 amide bonds. The van der Waals surface area contributed by atoms with E-state index in [1.807, 2.05) is 33.8 Å². The number of methoxy groups -OCH3 is 2. The largest absolute Gasteiger partial charge is 0.495 e. The zero-order valence-corrected chi connectivity index (χ0v) is 36.7. The maximum Gasteiger partial charge on any atom is 0.328 e. The van der Waals surface area contributed by atoms with Crippen LogP contribution in [0.3, 0.4) is 0 Å². The SMILES string of the molecule is CC.COc1cc2cc(c1Cl)N(C)C(=O)C[C@H](OC(=O)[C@H](C)N(C)C(=O)c1cc3ccc(N)cc3cn1)[C@]1(C)O[C@H]1[C@H](C)[C@@H]1C[C@@](O)(CC(=O)O1)[C@H](OC)/C=C/C=C(\C)C2. The van der Waals surface area contributed by atoms with Crippen LogP contribution < -0.4 is 15.4 Å². The van der Waals surface area contributed by atoms with Crippen LogP contribution in [0.1, 0.15) is 76.9 Å². The van der Waals surface area contributed by atoms with Gasteiger partial charge in [-0.2, -0.15) is 0 Å². The van der Waals surface area contributed by atoms with Crippen molar-refractivity contribution in [1.29, 1.82) is 0 Å². The number of amides is 2. The molecule has 3 aliphatic rings. The number of rotatable bonds is 6. The van der Waals surface area contributed by atoms with Crippen LogP contribution in [-0.4, -0.2) is 109 Å². The molecule has 0 saturated carbocycles. The van der Waals surface area contributed by atoms with Crippen molar-refractivity contribution in [2.75, 3.05) is 38.9 Å². The number of carbonyl (C=O) groups is 4. The number of nitrogens with two attached hydrogens (primary N) is 1. The maximum atomic E-state index is 14.3. The van der Waals surface area contributed by atoms with Crippen LogP contribution in [-0.2, 0) is 39.8 Å². The lowest BCUT2D eigenvalue weighted by Gasteiger charge is -2.41. The van der Waals surface area contributed by atoms with Crippen molar-refractivity contribution in [2.45, 2.75) is 109 Å². The molecule has 324 valence electrons. The van der Waals surface area contributed by atoms with Crippen LogP contribution in [0.2, 0.25) is 5.02 Å². The molecule has 6 rings (SSSR count). The molecule has 8 atom stereocenters. The predicted octanol–water partition coefficient (Wildman–Crippen LogP) is 6.23. The standard InChI is InChI=1S/C43H51ClN4O10.C2H6/c1-23-10-9-11-34(55-8)43(53)20-33(56-37(50)21-43)24(2)39-42(4,58-39)35(19-36(49)48(6)31-15-26(14-23)16-32(54-7)38(31)44)57-41(52)25(3)47(5)40(51)30-18-27-12-13-29(45)17-28(27)22-46-30;1-2/h9-13,15-18,22,24-25,33-35,39,53H,14,19-21,45H2,1-8H3;1-2H3/b11-9+,23-10+;/t24-,25+,33+,34-,35+,39+,42+,43-;/m1./s1. The Bertz CT molecular complexity index is 2180. The van der Waals surface area contributed by atoms with Gasteiger partial charge in [0.15, 0.2) is 0 Å². The third-order valence-corrected chi connectivity index (χ3v) is 12.1. The van der Waals surface area contributed by atoms with E-state index in [9.17, 15) is 24.3 Å². The normalized spacial score (nSPS) is 28.8. The Morgan fingerprint density at radius 3 is 2.53 bits per heavy atom. The average Bonchev–Trinajstić information content (AvgIpc) is 3.92. The Balaban J connectivity index is 0.00000336. The number of aromatic nitrogens is 1. The fraction of sp³-hybridized carbons (Fsp3) is 0.489. The highest BCUT2D eigenvalue weighted by atomic mass is 35.5. The molecule has 15 heteroatoms. The van der Waals surface area contributed by atoms with Crippen LogP contribution in [0.15, 0.2) is 66.4 Å². The molecule has 1 aromatic heterocycles. The molecular weight excluding hydrogens is 792 g/mol. The quantitative estimate of drug-likeness (QED) is 0.162. The molecule has 2 aromatic carbocycles. The minimum atomic E-state index is -1.60. The summed E-state index contributed by atoms with van der Waals surface area (Å²) in [6.07, 6.45) is 3.27. The molecule has 2 fully saturated rings. The van der Waals surface area contributed by atoms with Crippen molar-refractivity contribution in [3.05, 3.63) is 82.7 Å². The van der Waals surface area contributed by atoms with Gasteiger partial charge in [0.2, 0.25) is 5.91 Å². The predicted molar refractivity (Wildman–Crippen MR) is 229 cm³/mol. The summed E-state index contributed by atoms with van der Waals surface area (Å²) in [4.78, 5) is 61.9. The number of fused-ring (bicyclic) bond motifs is 6. The number of pyridine rings is 1. The molecular formula is C45H57ClN4O10. The molecule has 0 unspecified atom stereocenters. The van der Waals surface area contributed by atoms with E-state index in [-0.39, 0.29) is 30.0 Å². The topological polar surface area (TPSA) is 183 Å². The Labute approximate surface area is 356 Å². The van der Waals surface area contributed by atoms with E-state index in [2.05, 4.69) is 4.98 Å². The summed E-state index contributed by atoms with van der Waals surface area (Å²) in [5, 5.41) is 13.6. The molecule has 14 nitrogen and oxygen atoms in total. The zero-order chi connectivity index (χ0) is 44.3. The second kappa shape index (κ2) is 18.7. The van der Waals surface area contributed by atoms with Gasteiger partial charge in [-0.1, -0.05) is 62.2 Å². The number of hydrogen-bond acceptors (Lipinski definition) is 12. The van der Waals surface area contributed by atoms with Crippen LogP contribution in [0.4, 0.5) is 11.4 Å². The minimum Gasteiger partial charge on any atom is -0.495 e. The van der Waals surface area contributed by atoms with Gasteiger partial charge in [-0.05, 0) is 68.5 Å². The molecule has 4 bridgehead atoms. The first-order valence-corrected chi connectivity index (χ1v) is 20.5. The van der Waals surface area contributed by atoms with Crippen molar-refractivity contribution in [2.24, 2.45) is 5.92 Å². The van der Waals surface area contributed by atoms with Gasteiger partial charge in [0.05, 0.1) is 31.7 Å². The molecule has 0 radical (unpaired) electrons. The highest BCUT2D eigenvalue weighted by molar-refractivity contribution is 6.35. The number of esters is 2. The van der Waals surface area contributed by atoms with Gasteiger partial charge in [-0.25, -0.2) is 4.79 Å². The van der Waals surface area contributed by atoms with Crippen LogP contribution in [0.5, 0.6) is 5.75 Å². The highest BCUT2D eigenvalue weighted by Crippen LogP contribution is 2.50. The molecule has 60 heavy (non-hydrogen) atoms. The number of nitrogen functional groups attached to an aromatic ring is 1. The maximum absolute atomic E-state index is 14.3. The summed E-state index contributed by atoms with van der Waals surface area (Å²) >= 11 is 6.79. The van der Waals surface area contributed by atoms with Gasteiger partial charge >= 0.3 is 11.9 Å². The van der Waals surface area contributed by atoms with Gasteiger partial charge in [0.1, 0.15) is 52.0 Å². The lowest BCUT2D eigenvalue weighted by molar-refractivity contribution is -0.187. The van der Waals surface area contributed by atoms with Crippen molar-refractivity contribution in [3.63, 3.8) is 0 Å². The fourth-order valence-electron chi connectivity index (χ4n) is 7.89. The van der Waals surface area contributed by atoms with Crippen LogP contribution >= 0.6 is 11.6 Å². The first-order chi connectivity index (χ1) is 28.4. The van der Waals surface area contributed by atoms with E-state index in [1.54, 1.807) is 68.7 Å². The van der Waals surface area contributed by atoms with E-state index in [4.69, 9.17) is 41.0 Å². The van der Waals surface area contributed by atoms with Crippen molar-refractivity contribution < 1.29 is 48.0 Å². The lowest BCUT2D eigenvalue weighted by atomic mass is 9.78. The van der Waals surface area contributed by atoms with Crippen molar-refractivity contribution >= 4 is 57.5 Å². The highest BCUT2D eigenvalue weighted by Gasteiger charge is 2.64. The number of anilines is 2. The van der Waals surface area contributed by atoms with E-state index in [0.717, 1.165) is 21.9 Å². The fourth-order valence-corrected chi connectivity index (χ4v) is 8.20. The third-order valence-electron chi connectivity index (χ3n) is 11.7. The van der Waals surface area contributed by atoms with Gasteiger partial charge < -0.3 is 44.3 Å². The van der Waals surface area contributed by atoms with Crippen LogP contribution in [0, 0.1) is 5.92 Å². The van der Waals surface area contributed by atoms with E-state index in [1.165, 1.54) is 38.0 Å². The van der Waals surface area contributed by atoms with Gasteiger partial charge in [0.25, 0.3) is 5.91 Å². The first-order valence-electron chi connectivity index (χ1n) is 20.1. The molecule has 0 aliphatic carbocycles. The summed E-state index contributed by atoms with van der Waals surface area (Å²) in [6, 6.07) is 9.35. The Morgan fingerprint density at radius 1 is 1.13 bits per heavy atom. The number of likely N-dealkylation sites (N-methyl/N-ethyl adjacent to an activating group) is 1. The summed E-state index contributed by atoms with van der Waals surface area (Å²) in [5.74, 6) is -2.52. The number of nitrogens with zero attached hydrogens (tertiary/aromatic N) is 3. The average molecular weight is 849 g/mol. The number of benzene rings is 2. The number of ether oxygens (including phenoxy) is 5. The smallest absolute Gasteiger partial charge is 0.328 e. The Kier molecular flexibility index (Phi) is 14.4. The lowest BCUT2D eigenvalue weighted by Crippen LogP contribution is -2.53. The molecule has 4 heterocycles. The minimum absolute atomic E-state index is 0.0395. The summed E-state index contributed by atoms with van der Waals surface area (Å²) in [6.45, 7) is 11.0. The number of allylic oxidation sites excluding steroid dienone is 3. The molecule has 0 spiro atoms. The molecule has 3 aromatic rings.